The molecule has 1 aromatic heterocycles. The highest BCUT2D eigenvalue weighted by Gasteiger charge is 2.03. The van der Waals surface area contributed by atoms with Crippen LogP contribution in [0.15, 0.2) is 6.07 Å². The Bertz CT molecular complexity index is 285. The third-order valence-electron chi connectivity index (χ3n) is 1.95. The molecule has 0 spiro atoms. The summed E-state index contributed by atoms with van der Waals surface area (Å²) in [5.74, 6) is 2.62. The number of aryl methyl sites for hydroxylation is 1. The minimum absolute atomic E-state index is 0.794. The number of aromatic nitrogens is 2. The van der Waals surface area contributed by atoms with Crippen molar-refractivity contribution >= 4 is 11.6 Å². The Balaban J connectivity index is 3.01. The lowest BCUT2D eigenvalue weighted by atomic mass is 10.4. The molecule has 0 fully saturated rings. The molecule has 4 nitrogen and oxygen atoms in total. The zero-order valence-electron chi connectivity index (χ0n) is 8.63. The number of nitrogens with zero attached hydrogens (tertiary/aromatic N) is 3. The summed E-state index contributed by atoms with van der Waals surface area (Å²) in [6, 6.07) is 1.94. The van der Waals surface area contributed by atoms with Gasteiger partial charge < -0.3 is 10.2 Å². The molecule has 0 aliphatic carbocycles. The lowest BCUT2D eigenvalue weighted by Gasteiger charge is -2.16. The molecular formula is C9H16N4. The summed E-state index contributed by atoms with van der Waals surface area (Å²) in [4.78, 5) is 10.6. The van der Waals surface area contributed by atoms with Gasteiger partial charge in [0, 0.05) is 26.7 Å². The highest BCUT2D eigenvalue weighted by molar-refractivity contribution is 5.48. The van der Waals surface area contributed by atoms with E-state index in [0.29, 0.717) is 0 Å². The van der Waals surface area contributed by atoms with E-state index in [1.54, 1.807) is 0 Å². The maximum absolute atomic E-state index is 4.33. The summed E-state index contributed by atoms with van der Waals surface area (Å²) in [7, 11) is 3.87. The number of nitrogens with one attached hydrogen (secondary N) is 1. The van der Waals surface area contributed by atoms with Crippen LogP contribution < -0.4 is 10.2 Å². The average molecular weight is 180 g/mol. The molecule has 72 valence electrons. The summed E-state index contributed by atoms with van der Waals surface area (Å²) >= 11 is 0. The summed E-state index contributed by atoms with van der Waals surface area (Å²) in [6.45, 7) is 4.93. The Morgan fingerprint density at radius 3 is 2.69 bits per heavy atom. The fraction of sp³-hybridized carbons (Fsp3) is 0.556. The number of hydrogen-bond donors (Lipinski definition) is 1. The molecule has 1 aromatic rings. The van der Waals surface area contributed by atoms with Gasteiger partial charge in [0.05, 0.1) is 0 Å². The monoisotopic (exact) mass is 180 g/mol. The van der Waals surface area contributed by atoms with Crippen molar-refractivity contribution in [1.82, 2.24) is 9.97 Å². The lowest BCUT2D eigenvalue weighted by Crippen LogP contribution is -2.18. The van der Waals surface area contributed by atoms with Gasteiger partial charge in [-0.1, -0.05) is 0 Å². The topological polar surface area (TPSA) is 41.0 Å². The minimum Gasteiger partial charge on any atom is -0.373 e. The van der Waals surface area contributed by atoms with Gasteiger partial charge in [0.15, 0.2) is 0 Å². The van der Waals surface area contributed by atoms with Gasteiger partial charge >= 0.3 is 0 Å². The van der Waals surface area contributed by atoms with Crippen molar-refractivity contribution in [2.24, 2.45) is 0 Å². The van der Waals surface area contributed by atoms with Crippen molar-refractivity contribution in [3.8, 4) is 0 Å². The molecule has 13 heavy (non-hydrogen) atoms. The smallest absolute Gasteiger partial charge is 0.134 e. The van der Waals surface area contributed by atoms with Crippen molar-refractivity contribution in [3.63, 3.8) is 0 Å². The van der Waals surface area contributed by atoms with Gasteiger partial charge in [-0.05, 0) is 13.8 Å². The third-order valence-corrected chi connectivity index (χ3v) is 1.95. The van der Waals surface area contributed by atoms with Crippen LogP contribution in [0.2, 0.25) is 0 Å². The molecular weight excluding hydrogens is 164 g/mol. The van der Waals surface area contributed by atoms with Gasteiger partial charge in [-0.2, -0.15) is 0 Å². The van der Waals surface area contributed by atoms with Gasteiger partial charge in [-0.25, -0.2) is 9.97 Å². The first-order valence-corrected chi connectivity index (χ1v) is 4.42. The average Bonchev–Trinajstić information content (AvgIpc) is 2.15. The highest BCUT2D eigenvalue weighted by atomic mass is 15.2. The Morgan fingerprint density at radius 1 is 1.46 bits per heavy atom. The Hall–Kier alpha value is -1.32. The molecule has 0 amide bonds. The van der Waals surface area contributed by atoms with Gasteiger partial charge in [0.2, 0.25) is 0 Å². The summed E-state index contributed by atoms with van der Waals surface area (Å²) < 4.78 is 0. The molecule has 4 heteroatoms. The van der Waals surface area contributed by atoms with Crippen LogP contribution in [-0.2, 0) is 0 Å². The SMILES string of the molecule is CCN(C)c1cc(NC)nc(C)n1. The number of rotatable bonds is 3. The highest BCUT2D eigenvalue weighted by Crippen LogP contribution is 2.13. The zero-order valence-corrected chi connectivity index (χ0v) is 8.63. The fourth-order valence-corrected chi connectivity index (χ4v) is 1.04. The van der Waals surface area contributed by atoms with E-state index in [4.69, 9.17) is 0 Å². The van der Waals surface area contributed by atoms with E-state index in [2.05, 4.69) is 27.1 Å². The van der Waals surface area contributed by atoms with Crippen LogP contribution in [0.5, 0.6) is 0 Å². The molecule has 1 rings (SSSR count). The molecule has 0 saturated carbocycles. The molecule has 0 saturated heterocycles. The largest absolute Gasteiger partial charge is 0.373 e. The Labute approximate surface area is 79.0 Å². The maximum atomic E-state index is 4.33. The second kappa shape index (κ2) is 4.07. The molecule has 1 heterocycles. The standard InChI is InChI=1S/C9H16N4/c1-5-13(4)9-6-8(10-3)11-7(2)12-9/h6H,5H2,1-4H3,(H,10,11,12). The second-order valence-corrected chi connectivity index (χ2v) is 2.92. The van der Waals surface area contributed by atoms with Gasteiger partial charge in [0.25, 0.3) is 0 Å². The van der Waals surface area contributed by atoms with Crippen molar-refractivity contribution in [1.29, 1.82) is 0 Å². The fourth-order valence-electron chi connectivity index (χ4n) is 1.04. The molecule has 0 bridgehead atoms. The van der Waals surface area contributed by atoms with E-state index in [1.165, 1.54) is 0 Å². The van der Waals surface area contributed by atoms with Crippen LogP contribution in [0.25, 0.3) is 0 Å². The van der Waals surface area contributed by atoms with E-state index >= 15 is 0 Å². The first-order valence-electron chi connectivity index (χ1n) is 4.42. The normalized spacial score (nSPS) is 9.85. The van der Waals surface area contributed by atoms with Crippen LogP contribution in [0.3, 0.4) is 0 Å². The molecule has 0 aromatic carbocycles. The van der Waals surface area contributed by atoms with Crippen LogP contribution in [-0.4, -0.2) is 30.6 Å². The second-order valence-electron chi connectivity index (χ2n) is 2.92. The number of anilines is 2. The molecule has 1 N–H and O–H groups in total. The number of hydrogen-bond acceptors (Lipinski definition) is 4. The van der Waals surface area contributed by atoms with Crippen LogP contribution in [0.1, 0.15) is 12.7 Å². The van der Waals surface area contributed by atoms with Crippen molar-refractivity contribution in [2.75, 3.05) is 30.9 Å². The van der Waals surface area contributed by atoms with E-state index in [-0.39, 0.29) is 0 Å². The first kappa shape index (κ1) is 9.77. The molecule has 0 atom stereocenters. The Morgan fingerprint density at radius 2 is 2.15 bits per heavy atom. The van der Waals surface area contributed by atoms with E-state index < -0.39 is 0 Å². The van der Waals surface area contributed by atoms with E-state index in [0.717, 1.165) is 24.0 Å². The van der Waals surface area contributed by atoms with Crippen molar-refractivity contribution in [3.05, 3.63) is 11.9 Å². The maximum Gasteiger partial charge on any atom is 0.134 e. The van der Waals surface area contributed by atoms with E-state index in [1.807, 2.05) is 27.1 Å². The summed E-state index contributed by atoms with van der Waals surface area (Å²) in [5.41, 5.74) is 0. The first-order chi connectivity index (χ1) is 6.17. The quantitative estimate of drug-likeness (QED) is 0.760. The van der Waals surface area contributed by atoms with Gasteiger partial charge in [-0.15, -0.1) is 0 Å². The molecule has 0 aliphatic heterocycles. The molecule has 0 aliphatic rings. The van der Waals surface area contributed by atoms with Crippen LogP contribution in [0.4, 0.5) is 11.6 Å². The van der Waals surface area contributed by atoms with Crippen molar-refractivity contribution < 1.29 is 0 Å². The molecule has 0 radical (unpaired) electrons. The van der Waals surface area contributed by atoms with E-state index in [9.17, 15) is 0 Å². The Kier molecular flexibility index (Phi) is 3.06. The van der Waals surface area contributed by atoms with Crippen molar-refractivity contribution in [2.45, 2.75) is 13.8 Å². The lowest BCUT2D eigenvalue weighted by molar-refractivity contribution is 0.913. The van der Waals surface area contributed by atoms with Gasteiger partial charge in [-0.3, -0.25) is 0 Å². The predicted molar refractivity (Wildman–Crippen MR) is 55.3 cm³/mol. The van der Waals surface area contributed by atoms with Gasteiger partial charge in [0.1, 0.15) is 17.5 Å². The third kappa shape index (κ3) is 2.31. The van der Waals surface area contributed by atoms with Crippen LogP contribution >= 0.6 is 0 Å². The molecule has 0 unspecified atom stereocenters. The summed E-state index contributed by atoms with van der Waals surface area (Å²) in [6.07, 6.45) is 0. The minimum atomic E-state index is 0.794. The predicted octanol–water partition coefficient (Wildman–Crippen LogP) is 1.28. The van der Waals surface area contributed by atoms with Crippen LogP contribution in [0, 0.1) is 6.92 Å². The zero-order chi connectivity index (χ0) is 9.84. The summed E-state index contributed by atoms with van der Waals surface area (Å²) in [5, 5.41) is 3.01.